The maximum absolute atomic E-state index is 13.2. The van der Waals surface area contributed by atoms with E-state index in [1.165, 1.54) is 20.4 Å². The lowest BCUT2D eigenvalue weighted by Gasteiger charge is -2.14. The summed E-state index contributed by atoms with van der Waals surface area (Å²) in [4.78, 5) is 16.2. The number of amides is 1. The third kappa shape index (κ3) is 6.32. The lowest BCUT2D eigenvalue weighted by molar-refractivity contribution is -0.123. The average molecular weight is 466 g/mol. The molecular weight excluding hydrogens is 443 g/mol. The molecule has 1 saturated heterocycles. The van der Waals surface area contributed by atoms with Crippen LogP contribution in [0.5, 0.6) is 23.1 Å². The fraction of sp³-hybridized carbons (Fsp3) is 0.368. The molecule has 2 aromatic rings. The van der Waals surface area contributed by atoms with Crippen LogP contribution in [-0.4, -0.2) is 43.6 Å². The molecule has 1 fully saturated rings. The summed E-state index contributed by atoms with van der Waals surface area (Å²) in [6.07, 6.45) is 1.04. The van der Waals surface area contributed by atoms with Crippen molar-refractivity contribution >= 4 is 30.7 Å². The second-order valence-corrected chi connectivity index (χ2v) is 6.31. The van der Waals surface area contributed by atoms with Crippen molar-refractivity contribution < 1.29 is 27.8 Å². The first-order valence-electron chi connectivity index (χ1n) is 8.64. The molecule has 11 heteroatoms. The molecule has 1 aliphatic rings. The molecule has 1 aromatic heterocycles. The molecule has 0 aliphatic carbocycles. The van der Waals surface area contributed by atoms with Crippen molar-refractivity contribution in [2.24, 2.45) is 0 Å². The van der Waals surface area contributed by atoms with Gasteiger partial charge in [0, 0.05) is 25.2 Å². The summed E-state index contributed by atoms with van der Waals surface area (Å²) >= 11 is 0. The largest absolute Gasteiger partial charge is 0.493 e. The molecule has 1 amide bonds. The van der Waals surface area contributed by atoms with Gasteiger partial charge in [0.15, 0.2) is 11.5 Å². The van der Waals surface area contributed by atoms with Crippen LogP contribution in [-0.2, 0) is 11.3 Å². The molecule has 0 saturated carbocycles. The van der Waals surface area contributed by atoms with Crippen LogP contribution in [0.3, 0.4) is 0 Å². The van der Waals surface area contributed by atoms with Crippen LogP contribution in [0, 0.1) is 0 Å². The molecule has 1 unspecified atom stereocenters. The Morgan fingerprint density at radius 2 is 1.87 bits per heavy atom. The predicted molar refractivity (Wildman–Crippen MR) is 112 cm³/mol. The van der Waals surface area contributed by atoms with E-state index in [1.54, 1.807) is 30.3 Å². The number of carbonyl (C=O) groups is 1. The number of methoxy groups -OCH3 is 2. The van der Waals surface area contributed by atoms with Crippen LogP contribution in [0.25, 0.3) is 0 Å². The zero-order valence-corrected chi connectivity index (χ0v) is 17.9. The standard InChI is InChI=1S/C19H21F2N3O4.2ClH/c1-26-14-4-3-5-15(27-2)17(14)28-16-7-6-12(9-22-16)10-23-18(25)13-8-19(20,21)11-24-13;;/h3-7,9,13,24H,8,10-11H2,1-2H3,(H,23,25);2*1H. The highest BCUT2D eigenvalue weighted by atomic mass is 35.5. The molecule has 0 bridgehead atoms. The highest BCUT2D eigenvalue weighted by molar-refractivity contribution is 5.85. The number of hydrogen-bond acceptors (Lipinski definition) is 6. The van der Waals surface area contributed by atoms with Gasteiger partial charge in [-0.25, -0.2) is 13.8 Å². The second kappa shape index (κ2) is 11.1. The first-order chi connectivity index (χ1) is 13.4. The van der Waals surface area contributed by atoms with Gasteiger partial charge in [0.2, 0.25) is 17.5 Å². The minimum atomic E-state index is -2.85. The van der Waals surface area contributed by atoms with Crippen molar-refractivity contribution in [2.45, 2.75) is 24.9 Å². The number of halogens is 4. The van der Waals surface area contributed by atoms with Crippen molar-refractivity contribution in [2.75, 3.05) is 20.8 Å². The summed E-state index contributed by atoms with van der Waals surface area (Å²) < 4.78 is 42.6. The van der Waals surface area contributed by atoms with Crippen molar-refractivity contribution in [3.8, 4) is 23.1 Å². The van der Waals surface area contributed by atoms with E-state index in [9.17, 15) is 13.6 Å². The maximum Gasteiger partial charge on any atom is 0.262 e. The first-order valence-corrected chi connectivity index (χ1v) is 8.64. The Morgan fingerprint density at radius 3 is 2.37 bits per heavy atom. The van der Waals surface area contributed by atoms with E-state index in [2.05, 4.69) is 15.6 Å². The van der Waals surface area contributed by atoms with Gasteiger partial charge >= 0.3 is 0 Å². The summed E-state index contributed by atoms with van der Waals surface area (Å²) in [5.74, 6) is -1.60. The minimum Gasteiger partial charge on any atom is -0.493 e. The quantitative estimate of drug-likeness (QED) is 0.652. The number of benzene rings is 1. The van der Waals surface area contributed by atoms with Crippen LogP contribution in [0.2, 0.25) is 0 Å². The molecule has 1 atom stereocenters. The Labute approximate surface area is 185 Å². The Hall–Kier alpha value is -2.36. The summed E-state index contributed by atoms with van der Waals surface area (Å²) in [7, 11) is 3.05. The molecule has 1 aromatic carbocycles. The van der Waals surface area contributed by atoms with Crippen LogP contribution < -0.4 is 24.8 Å². The molecule has 2 heterocycles. The van der Waals surface area contributed by atoms with Gasteiger partial charge in [-0.1, -0.05) is 12.1 Å². The third-order valence-electron chi connectivity index (χ3n) is 4.28. The number of para-hydroxylation sites is 1. The average Bonchev–Trinajstić information content (AvgIpc) is 3.07. The zero-order chi connectivity index (χ0) is 20.1. The lowest BCUT2D eigenvalue weighted by Crippen LogP contribution is -2.40. The van der Waals surface area contributed by atoms with Gasteiger partial charge in [0.1, 0.15) is 0 Å². The highest BCUT2D eigenvalue weighted by Gasteiger charge is 2.42. The van der Waals surface area contributed by atoms with Crippen LogP contribution in [0.1, 0.15) is 12.0 Å². The first kappa shape index (κ1) is 25.7. The van der Waals surface area contributed by atoms with Crippen LogP contribution >= 0.6 is 24.8 Å². The van der Waals surface area contributed by atoms with E-state index in [1.807, 2.05) is 0 Å². The molecule has 0 radical (unpaired) electrons. The van der Waals surface area contributed by atoms with Crippen molar-refractivity contribution in [1.82, 2.24) is 15.6 Å². The maximum atomic E-state index is 13.2. The Balaban J connectivity index is 0.00000225. The van der Waals surface area contributed by atoms with Gasteiger partial charge in [-0.15, -0.1) is 24.8 Å². The normalized spacial score (nSPS) is 16.6. The Bertz CT molecular complexity index is 819. The molecule has 7 nitrogen and oxygen atoms in total. The van der Waals surface area contributed by atoms with E-state index in [4.69, 9.17) is 14.2 Å². The highest BCUT2D eigenvalue weighted by Crippen LogP contribution is 2.39. The van der Waals surface area contributed by atoms with Gasteiger partial charge in [-0.05, 0) is 17.7 Å². The number of alkyl halides is 2. The smallest absolute Gasteiger partial charge is 0.262 e. The van der Waals surface area contributed by atoms with Gasteiger partial charge < -0.3 is 19.5 Å². The summed E-state index contributed by atoms with van der Waals surface area (Å²) in [5.41, 5.74) is 0.706. The number of carbonyl (C=O) groups excluding carboxylic acids is 1. The molecule has 0 spiro atoms. The summed E-state index contributed by atoms with van der Waals surface area (Å²) in [5, 5.41) is 5.15. The summed E-state index contributed by atoms with van der Waals surface area (Å²) in [6.45, 7) is -0.307. The van der Waals surface area contributed by atoms with E-state index in [0.29, 0.717) is 28.7 Å². The second-order valence-electron chi connectivity index (χ2n) is 6.31. The molecular formula is C19H23Cl2F2N3O4. The molecule has 2 N–H and O–H groups in total. The van der Waals surface area contributed by atoms with Gasteiger partial charge in [0.25, 0.3) is 5.92 Å². The van der Waals surface area contributed by atoms with Gasteiger partial charge in [-0.3, -0.25) is 10.1 Å². The SMILES string of the molecule is COc1cccc(OC)c1Oc1ccc(CNC(=O)C2CC(F)(F)CN2)cn1.Cl.Cl. The fourth-order valence-electron chi connectivity index (χ4n) is 2.81. The van der Waals surface area contributed by atoms with Crippen molar-refractivity contribution in [3.63, 3.8) is 0 Å². The van der Waals surface area contributed by atoms with E-state index in [0.717, 1.165) is 0 Å². The lowest BCUT2D eigenvalue weighted by atomic mass is 10.2. The number of hydrogen-bond donors (Lipinski definition) is 2. The Kier molecular flexibility index (Phi) is 9.54. The molecule has 30 heavy (non-hydrogen) atoms. The minimum absolute atomic E-state index is 0. The predicted octanol–water partition coefficient (Wildman–Crippen LogP) is 3.35. The topological polar surface area (TPSA) is 81.7 Å². The van der Waals surface area contributed by atoms with Crippen LogP contribution in [0.4, 0.5) is 8.78 Å². The molecule has 3 rings (SSSR count). The zero-order valence-electron chi connectivity index (χ0n) is 16.3. The third-order valence-corrected chi connectivity index (χ3v) is 4.28. The number of nitrogens with one attached hydrogen (secondary N) is 2. The van der Waals surface area contributed by atoms with Crippen molar-refractivity contribution in [1.29, 1.82) is 0 Å². The summed E-state index contributed by atoms with van der Waals surface area (Å²) in [6, 6.07) is 7.73. The Morgan fingerprint density at radius 1 is 1.20 bits per heavy atom. The number of pyridine rings is 1. The monoisotopic (exact) mass is 465 g/mol. The number of ether oxygens (including phenoxy) is 3. The van der Waals surface area contributed by atoms with Crippen LogP contribution in [0.15, 0.2) is 36.5 Å². The van der Waals surface area contributed by atoms with Gasteiger partial charge in [-0.2, -0.15) is 0 Å². The van der Waals surface area contributed by atoms with Crippen molar-refractivity contribution in [3.05, 3.63) is 42.1 Å². The molecule has 1 aliphatic heterocycles. The number of rotatable bonds is 7. The number of nitrogens with zero attached hydrogens (tertiary/aromatic N) is 1. The fourth-order valence-corrected chi connectivity index (χ4v) is 2.81. The number of aromatic nitrogens is 1. The van der Waals surface area contributed by atoms with E-state index < -0.39 is 30.8 Å². The van der Waals surface area contributed by atoms with E-state index >= 15 is 0 Å². The molecule has 166 valence electrons. The van der Waals surface area contributed by atoms with Gasteiger partial charge in [0.05, 0.1) is 26.8 Å². The van der Waals surface area contributed by atoms with E-state index in [-0.39, 0.29) is 31.4 Å².